The predicted octanol–water partition coefficient (Wildman–Crippen LogP) is 1.88. The molecule has 0 radical (unpaired) electrons. The fourth-order valence-electron chi connectivity index (χ4n) is 0.568. The van der Waals surface area contributed by atoms with Crippen LogP contribution in [-0.4, -0.2) is 19.4 Å². The van der Waals surface area contributed by atoms with Gasteiger partial charge in [-0.1, -0.05) is 5.92 Å². The lowest BCUT2D eigenvalue weighted by atomic mass is 10.5. The molecular formula is C7H13O3P. The third kappa shape index (κ3) is 6.12. The van der Waals surface area contributed by atoms with Gasteiger partial charge in [0.25, 0.3) is 0 Å². The largest absolute Gasteiger partial charge is 0.328 e. The summed E-state index contributed by atoms with van der Waals surface area (Å²) >= 11 is 0. The van der Waals surface area contributed by atoms with Crippen LogP contribution >= 0.6 is 7.60 Å². The molecule has 0 fully saturated rings. The Morgan fingerprint density at radius 3 is 2.55 bits per heavy atom. The lowest BCUT2D eigenvalue weighted by molar-refractivity contribution is 0.183. The zero-order valence-electron chi connectivity index (χ0n) is 7.03. The van der Waals surface area contributed by atoms with Gasteiger partial charge in [0.05, 0.1) is 6.10 Å². The van der Waals surface area contributed by atoms with E-state index in [2.05, 4.69) is 5.92 Å². The fourth-order valence-corrected chi connectivity index (χ4v) is 1.70. The summed E-state index contributed by atoms with van der Waals surface area (Å²) in [4.78, 5) is 0. The highest BCUT2D eigenvalue weighted by molar-refractivity contribution is 7.53. The minimum Gasteiger partial charge on any atom is -0.306 e. The minimum atomic E-state index is -2.91. The van der Waals surface area contributed by atoms with E-state index in [9.17, 15) is 4.57 Å². The summed E-state index contributed by atoms with van der Waals surface area (Å²) < 4.78 is 21.0. The van der Waals surface area contributed by atoms with Gasteiger partial charge in [-0.25, -0.2) is 0 Å². The first kappa shape index (κ1) is 10.7. The predicted molar refractivity (Wildman–Crippen MR) is 44.5 cm³/mol. The fraction of sp³-hybridized carbons (Fsp3) is 0.714. The van der Waals surface area contributed by atoms with Crippen LogP contribution in [0.3, 0.4) is 0 Å². The van der Waals surface area contributed by atoms with Crippen molar-refractivity contribution in [3.05, 3.63) is 0 Å². The van der Waals surface area contributed by atoms with E-state index < -0.39 is 7.60 Å². The van der Waals surface area contributed by atoms with Crippen molar-refractivity contribution in [1.29, 1.82) is 0 Å². The zero-order valence-corrected chi connectivity index (χ0v) is 7.93. The molecule has 11 heavy (non-hydrogen) atoms. The molecule has 0 heterocycles. The molecule has 3 nitrogen and oxygen atoms in total. The quantitative estimate of drug-likeness (QED) is 0.484. The summed E-state index contributed by atoms with van der Waals surface area (Å²) in [5.74, 6) is 2.22. The maximum Gasteiger partial charge on any atom is 0.328 e. The molecule has 64 valence electrons. The van der Waals surface area contributed by atoms with Crippen molar-refractivity contribution in [2.45, 2.75) is 20.0 Å². The molecule has 0 aliphatic rings. The molecule has 0 aromatic rings. The minimum absolute atomic E-state index is 0.0283. The number of rotatable bonds is 4. The van der Waals surface area contributed by atoms with E-state index in [4.69, 9.17) is 15.5 Å². The average molecular weight is 176 g/mol. The summed E-state index contributed by atoms with van der Waals surface area (Å²) in [5, 5.41) is 0. The number of hydrogen-bond acceptors (Lipinski definition) is 3. The van der Waals surface area contributed by atoms with Crippen molar-refractivity contribution >= 4 is 7.60 Å². The van der Waals surface area contributed by atoms with E-state index in [1.165, 1.54) is 6.66 Å². The van der Waals surface area contributed by atoms with Crippen LogP contribution in [0.25, 0.3) is 0 Å². The molecule has 0 amide bonds. The summed E-state index contributed by atoms with van der Waals surface area (Å²) in [6.07, 6.45) is 4.81. The first-order chi connectivity index (χ1) is 4.98. The Labute approximate surface area is 67.6 Å². The van der Waals surface area contributed by atoms with Crippen molar-refractivity contribution in [3.63, 3.8) is 0 Å². The Bertz CT molecular complexity index is 192. The van der Waals surface area contributed by atoms with Crippen LogP contribution in [0.4, 0.5) is 0 Å². The molecular weight excluding hydrogens is 163 g/mol. The average Bonchev–Trinajstić information content (AvgIpc) is 1.81. The molecule has 1 unspecified atom stereocenters. The maximum atomic E-state index is 11.2. The summed E-state index contributed by atoms with van der Waals surface area (Å²) in [5.41, 5.74) is 0. The first-order valence-corrected chi connectivity index (χ1v) is 5.31. The van der Waals surface area contributed by atoms with Crippen LogP contribution in [0.5, 0.6) is 0 Å². The van der Waals surface area contributed by atoms with Crippen molar-refractivity contribution in [2.24, 2.45) is 0 Å². The second-order valence-electron chi connectivity index (χ2n) is 2.40. The normalized spacial score (nSPS) is 15.9. The SMILES string of the molecule is C#CCOP(C)(=O)OC(C)C. The molecule has 4 heteroatoms. The van der Waals surface area contributed by atoms with Gasteiger partial charge in [-0.2, -0.15) is 0 Å². The summed E-state index contributed by atoms with van der Waals surface area (Å²) in [6, 6.07) is 0. The lowest BCUT2D eigenvalue weighted by Gasteiger charge is -2.14. The van der Waals surface area contributed by atoms with Gasteiger partial charge in [-0.05, 0) is 13.8 Å². The Morgan fingerprint density at radius 1 is 1.64 bits per heavy atom. The third-order valence-corrected chi connectivity index (χ3v) is 2.19. The standard InChI is InChI=1S/C7H13O3P/c1-5-6-9-11(4,8)10-7(2)3/h1,7H,6H2,2-4H3. The van der Waals surface area contributed by atoms with Gasteiger partial charge < -0.3 is 4.52 Å². The third-order valence-electron chi connectivity index (χ3n) is 0.785. The van der Waals surface area contributed by atoms with E-state index in [0.29, 0.717) is 0 Å². The van der Waals surface area contributed by atoms with E-state index in [-0.39, 0.29) is 12.7 Å². The molecule has 1 atom stereocenters. The van der Waals surface area contributed by atoms with E-state index in [0.717, 1.165) is 0 Å². The molecule has 0 spiro atoms. The highest BCUT2D eigenvalue weighted by Gasteiger charge is 2.17. The number of hydrogen-bond donors (Lipinski definition) is 0. The highest BCUT2D eigenvalue weighted by Crippen LogP contribution is 2.44. The second kappa shape index (κ2) is 4.56. The van der Waals surface area contributed by atoms with Crippen molar-refractivity contribution in [1.82, 2.24) is 0 Å². The van der Waals surface area contributed by atoms with E-state index in [1.54, 1.807) is 13.8 Å². The Morgan fingerprint density at radius 2 is 2.18 bits per heavy atom. The molecule has 0 aromatic heterocycles. The molecule has 0 rings (SSSR count). The second-order valence-corrected chi connectivity index (χ2v) is 4.41. The zero-order chi connectivity index (χ0) is 8.91. The van der Waals surface area contributed by atoms with Gasteiger partial charge in [-0.3, -0.25) is 9.09 Å². The van der Waals surface area contributed by atoms with Crippen LogP contribution in [0, 0.1) is 12.3 Å². The van der Waals surface area contributed by atoms with Crippen molar-refractivity contribution < 1.29 is 13.6 Å². The maximum absolute atomic E-state index is 11.2. The molecule has 0 saturated carbocycles. The topological polar surface area (TPSA) is 35.5 Å². The van der Waals surface area contributed by atoms with E-state index >= 15 is 0 Å². The van der Waals surface area contributed by atoms with Crippen LogP contribution in [-0.2, 0) is 13.6 Å². The summed E-state index contributed by atoms with van der Waals surface area (Å²) in [6.45, 7) is 5.01. The van der Waals surface area contributed by atoms with Gasteiger partial charge in [-0.15, -0.1) is 6.42 Å². The van der Waals surface area contributed by atoms with Crippen LogP contribution in [0.15, 0.2) is 0 Å². The van der Waals surface area contributed by atoms with Crippen molar-refractivity contribution in [3.8, 4) is 12.3 Å². The molecule has 0 aromatic carbocycles. The van der Waals surface area contributed by atoms with Gasteiger partial charge in [0.2, 0.25) is 0 Å². The molecule has 0 aliphatic carbocycles. The molecule has 0 N–H and O–H groups in total. The van der Waals surface area contributed by atoms with Gasteiger partial charge in [0, 0.05) is 6.66 Å². The van der Waals surface area contributed by atoms with Gasteiger partial charge in [0.1, 0.15) is 6.61 Å². The van der Waals surface area contributed by atoms with Crippen LogP contribution < -0.4 is 0 Å². The number of terminal acetylenes is 1. The Hall–Kier alpha value is -0.290. The lowest BCUT2D eigenvalue weighted by Crippen LogP contribution is -2.02. The first-order valence-electron chi connectivity index (χ1n) is 3.32. The highest BCUT2D eigenvalue weighted by atomic mass is 31.2. The van der Waals surface area contributed by atoms with Gasteiger partial charge in [0.15, 0.2) is 0 Å². The Kier molecular flexibility index (Phi) is 4.44. The molecule has 0 bridgehead atoms. The van der Waals surface area contributed by atoms with Gasteiger partial charge >= 0.3 is 7.60 Å². The monoisotopic (exact) mass is 176 g/mol. The molecule has 0 saturated heterocycles. The smallest absolute Gasteiger partial charge is 0.306 e. The van der Waals surface area contributed by atoms with Crippen molar-refractivity contribution in [2.75, 3.05) is 13.3 Å². The molecule has 0 aliphatic heterocycles. The van der Waals surface area contributed by atoms with E-state index in [1.807, 2.05) is 0 Å². The Balaban J connectivity index is 3.83. The summed E-state index contributed by atoms with van der Waals surface area (Å²) in [7, 11) is -2.91. The van der Waals surface area contributed by atoms with Crippen LogP contribution in [0.1, 0.15) is 13.8 Å². The van der Waals surface area contributed by atoms with Crippen LogP contribution in [0.2, 0.25) is 0 Å².